The molecule has 3 rings (SSSR count). The highest BCUT2D eigenvalue weighted by Crippen LogP contribution is 2.19. The first-order valence-electron chi connectivity index (χ1n) is 8.55. The van der Waals surface area contributed by atoms with Crippen molar-refractivity contribution in [1.82, 2.24) is 15.2 Å². The molecule has 1 aromatic carbocycles. The molecule has 0 aliphatic carbocycles. The van der Waals surface area contributed by atoms with Crippen LogP contribution in [0.3, 0.4) is 0 Å². The standard InChI is InChI=1S/C19H22FN3O2/c20-16-7-2-1-6-15(16)13-23-10-4-5-14(12-23)11-21-19(25)17-8-3-9-18(24)22-17/h1-3,6-9,14H,4-5,10-13H2,(H,21,25)(H,22,24)/t14-/m0/s1. The maximum absolute atomic E-state index is 13.8. The second-order valence-corrected chi connectivity index (χ2v) is 6.47. The summed E-state index contributed by atoms with van der Waals surface area (Å²) in [6.45, 7) is 2.89. The van der Waals surface area contributed by atoms with Crippen LogP contribution in [0, 0.1) is 11.7 Å². The number of rotatable bonds is 5. The number of hydrogen-bond acceptors (Lipinski definition) is 3. The topological polar surface area (TPSA) is 65.2 Å². The number of halogens is 1. The average molecular weight is 343 g/mol. The van der Waals surface area contributed by atoms with E-state index in [-0.39, 0.29) is 23.0 Å². The zero-order chi connectivity index (χ0) is 17.6. The Balaban J connectivity index is 1.52. The molecule has 0 unspecified atom stereocenters. The Kier molecular flexibility index (Phi) is 5.60. The molecule has 25 heavy (non-hydrogen) atoms. The van der Waals surface area contributed by atoms with Gasteiger partial charge in [0.05, 0.1) is 0 Å². The van der Waals surface area contributed by atoms with Gasteiger partial charge in [-0.2, -0.15) is 0 Å². The monoisotopic (exact) mass is 343 g/mol. The number of pyridine rings is 1. The van der Waals surface area contributed by atoms with Crippen molar-refractivity contribution in [3.8, 4) is 0 Å². The van der Waals surface area contributed by atoms with Crippen molar-refractivity contribution >= 4 is 5.91 Å². The highest BCUT2D eigenvalue weighted by molar-refractivity contribution is 5.92. The van der Waals surface area contributed by atoms with Gasteiger partial charge in [-0.25, -0.2) is 4.39 Å². The van der Waals surface area contributed by atoms with E-state index in [9.17, 15) is 14.0 Å². The molecule has 0 saturated carbocycles. The molecule has 0 spiro atoms. The first kappa shape index (κ1) is 17.4. The number of nitrogens with one attached hydrogen (secondary N) is 2. The fourth-order valence-corrected chi connectivity index (χ4v) is 3.24. The highest BCUT2D eigenvalue weighted by atomic mass is 19.1. The number of benzene rings is 1. The van der Waals surface area contributed by atoms with Crippen molar-refractivity contribution in [3.63, 3.8) is 0 Å². The van der Waals surface area contributed by atoms with Crippen LogP contribution in [-0.2, 0) is 6.54 Å². The predicted molar refractivity (Wildman–Crippen MR) is 93.8 cm³/mol. The maximum atomic E-state index is 13.8. The van der Waals surface area contributed by atoms with Crippen molar-refractivity contribution in [2.75, 3.05) is 19.6 Å². The number of likely N-dealkylation sites (tertiary alicyclic amines) is 1. The largest absolute Gasteiger partial charge is 0.350 e. The van der Waals surface area contributed by atoms with Crippen molar-refractivity contribution < 1.29 is 9.18 Å². The first-order valence-corrected chi connectivity index (χ1v) is 8.55. The lowest BCUT2D eigenvalue weighted by Gasteiger charge is -2.32. The fourth-order valence-electron chi connectivity index (χ4n) is 3.24. The molecule has 2 aromatic rings. The van der Waals surface area contributed by atoms with Gasteiger partial charge in [0.25, 0.3) is 5.91 Å². The van der Waals surface area contributed by atoms with Crippen LogP contribution < -0.4 is 10.9 Å². The molecule has 1 fully saturated rings. The number of carbonyl (C=O) groups is 1. The van der Waals surface area contributed by atoms with Gasteiger partial charge in [-0.1, -0.05) is 24.3 Å². The van der Waals surface area contributed by atoms with E-state index in [1.807, 2.05) is 12.1 Å². The summed E-state index contributed by atoms with van der Waals surface area (Å²) in [4.78, 5) is 28.1. The van der Waals surface area contributed by atoms with Crippen LogP contribution in [0.25, 0.3) is 0 Å². The van der Waals surface area contributed by atoms with Crippen molar-refractivity contribution in [2.24, 2.45) is 5.92 Å². The Bertz CT molecular complexity index is 790. The zero-order valence-corrected chi connectivity index (χ0v) is 14.0. The number of carbonyl (C=O) groups excluding carboxylic acids is 1. The average Bonchev–Trinajstić information content (AvgIpc) is 2.62. The Morgan fingerprint density at radius 3 is 2.88 bits per heavy atom. The summed E-state index contributed by atoms with van der Waals surface area (Å²) in [6.07, 6.45) is 2.05. The van der Waals surface area contributed by atoms with Gasteiger partial charge in [-0.15, -0.1) is 0 Å². The summed E-state index contributed by atoms with van der Waals surface area (Å²) in [6, 6.07) is 11.4. The molecule has 0 radical (unpaired) electrons. The lowest BCUT2D eigenvalue weighted by atomic mass is 9.97. The molecule has 132 valence electrons. The fraction of sp³-hybridized carbons (Fsp3) is 0.368. The van der Waals surface area contributed by atoms with E-state index in [1.54, 1.807) is 18.2 Å². The van der Waals surface area contributed by atoms with Crippen molar-refractivity contribution in [1.29, 1.82) is 0 Å². The molecule has 0 bridgehead atoms. The summed E-state index contributed by atoms with van der Waals surface area (Å²) in [7, 11) is 0. The molecule has 2 heterocycles. The molecule has 2 N–H and O–H groups in total. The summed E-state index contributed by atoms with van der Waals surface area (Å²) >= 11 is 0. The molecule has 1 saturated heterocycles. The number of amides is 1. The van der Waals surface area contributed by atoms with E-state index in [4.69, 9.17) is 0 Å². The molecule has 1 aliphatic heterocycles. The Hall–Kier alpha value is -2.47. The molecule has 6 heteroatoms. The van der Waals surface area contributed by atoms with E-state index in [1.165, 1.54) is 12.1 Å². The quantitative estimate of drug-likeness (QED) is 0.874. The van der Waals surface area contributed by atoms with Gasteiger partial charge in [-0.05, 0) is 37.4 Å². The van der Waals surface area contributed by atoms with Crippen LogP contribution in [0.2, 0.25) is 0 Å². The van der Waals surface area contributed by atoms with E-state index in [2.05, 4.69) is 15.2 Å². The minimum absolute atomic E-state index is 0.175. The molecular formula is C19H22FN3O2. The number of piperidine rings is 1. The molecule has 1 atom stereocenters. The van der Waals surface area contributed by atoms with E-state index >= 15 is 0 Å². The van der Waals surface area contributed by atoms with Crippen molar-refractivity contribution in [3.05, 3.63) is 69.9 Å². The molecule has 1 amide bonds. The third-order valence-electron chi connectivity index (χ3n) is 4.52. The third-order valence-corrected chi connectivity index (χ3v) is 4.52. The van der Waals surface area contributed by atoms with Crippen LogP contribution in [0.15, 0.2) is 47.3 Å². The van der Waals surface area contributed by atoms with E-state index in [0.717, 1.165) is 25.9 Å². The van der Waals surface area contributed by atoms with Gasteiger partial charge in [0.1, 0.15) is 11.5 Å². The second-order valence-electron chi connectivity index (χ2n) is 6.47. The number of aromatic amines is 1. The van der Waals surface area contributed by atoms with Gasteiger partial charge in [0.2, 0.25) is 5.56 Å². The lowest BCUT2D eigenvalue weighted by Crippen LogP contribution is -2.41. The first-order chi connectivity index (χ1) is 12.1. The van der Waals surface area contributed by atoms with Crippen LogP contribution in [0.4, 0.5) is 4.39 Å². The van der Waals surface area contributed by atoms with Crippen molar-refractivity contribution in [2.45, 2.75) is 19.4 Å². The summed E-state index contributed by atoms with van der Waals surface area (Å²) in [5.74, 6) is -0.130. The van der Waals surface area contributed by atoms with Crippen LogP contribution in [0.5, 0.6) is 0 Å². The number of hydrogen-bond donors (Lipinski definition) is 2. The summed E-state index contributed by atoms with van der Waals surface area (Å²) in [5.41, 5.74) is 0.682. The maximum Gasteiger partial charge on any atom is 0.267 e. The smallest absolute Gasteiger partial charge is 0.267 e. The Labute approximate surface area is 145 Å². The Morgan fingerprint density at radius 1 is 1.24 bits per heavy atom. The minimum atomic E-state index is -0.290. The second kappa shape index (κ2) is 8.07. The number of aromatic nitrogens is 1. The Morgan fingerprint density at radius 2 is 2.08 bits per heavy atom. The van der Waals surface area contributed by atoms with Gasteiger partial charge in [0.15, 0.2) is 0 Å². The van der Waals surface area contributed by atoms with Gasteiger partial charge >= 0.3 is 0 Å². The predicted octanol–water partition coefficient (Wildman–Crippen LogP) is 2.16. The summed E-state index contributed by atoms with van der Waals surface area (Å²) in [5, 5.41) is 2.88. The van der Waals surface area contributed by atoms with Gasteiger partial charge in [-0.3, -0.25) is 14.5 Å². The van der Waals surface area contributed by atoms with Gasteiger partial charge < -0.3 is 10.3 Å². The van der Waals surface area contributed by atoms with Crippen LogP contribution >= 0.6 is 0 Å². The number of nitrogens with zero attached hydrogens (tertiary/aromatic N) is 1. The third kappa shape index (κ3) is 4.76. The molecule has 1 aromatic heterocycles. The normalized spacial score (nSPS) is 18.0. The zero-order valence-electron chi connectivity index (χ0n) is 14.0. The van der Waals surface area contributed by atoms with E-state index < -0.39 is 0 Å². The number of H-pyrrole nitrogens is 1. The van der Waals surface area contributed by atoms with Crippen LogP contribution in [-0.4, -0.2) is 35.4 Å². The molecule has 1 aliphatic rings. The molecular weight excluding hydrogens is 321 g/mol. The summed E-state index contributed by atoms with van der Waals surface area (Å²) < 4.78 is 13.8. The SMILES string of the molecule is O=C(NC[C@@H]1CCCN(Cc2ccccc2F)C1)c1cccc(=O)[nH]1. The van der Waals surface area contributed by atoms with Crippen LogP contribution in [0.1, 0.15) is 28.9 Å². The molecule has 5 nitrogen and oxygen atoms in total. The van der Waals surface area contributed by atoms with Gasteiger partial charge in [0, 0.05) is 31.3 Å². The lowest BCUT2D eigenvalue weighted by molar-refractivity contribution is 0.0925. The minimum Gasteiger partial charge on any atom is -0.350 e. The highest BCUT2D eigenvalue weighted by Gasteiger charge is 2.21. The van der Waals surface area contributed by atoms with E-state index in [0.29, 0.717) is 24.6 Å².